The quantitative estimate of drug-likeness (QED) is 0.482. The van der Waals surface area contributed by atoms with Crippen LogP contribution in [0.4, 0.5) is 5.69 Å². The number of hydrogen-bond donors (Lipinski definition) is 2. The maximum atomic E-state index is 12.6. The van der Waals surface area contributed by atoms with Gasteiger partial charge < -0.3 is 10.4 Å². The van der Waals surface area contributed by atoms with Gasteiger partial charge in [0.2, 0.25) is 0 Å². The fraction of sp³-hybridized carbons (Fsp3) is 0.143. The third-order valence-corrected chi connectivity index (χ3v) is 5.95. The molecule has 1 aromatic heterocycles. The van der Waals surface area contributed by atoms with Gasteiger partial charge in [-0.2, -0.15) is 0 Å². The van der Waals surface area contributed by atoms with Gasteiger partial charge in [0.25, 0.3) is 5.91 Å². The van der Waals surface area contributed by atoms with Gasteiger partial charge in [-0.1, -0.05) is 18.2 Å². The molecule has 29 heavy (non-hydrogen) atoms. The average Bonchev–Trinajstić information content (AvgIpc) is 2.69. The van der Waals surface area contributed by atoms with Gasteiger partial charge in [0.1, 0.15) is 0 Å². The highest BCUT2D eigenvalue weighted by atomic mass is 127. The van der Waals surface area contributed by atoms with Crippen molar-refractivity contribution in [3.8, 4) is 11.3 Å². The molecule has 6 nitrogen and oxygen atoms in total. The summed E-state index contributed by atoms with van der Waals surface area (Å²) in [6.07, 6.45) is 2.79. The molecule has 3 aromatic rings. The van der Waals surface area contributed by atoms with E-state index in [1.807, 2.05) is 30.3 Å². The summed E-state index contributed by atoms with van der Waals surface area (Å²) in [5.74, 6) is -0.344. The van der Waals surface area contributed by atoms with Gasteiger partial charge in [0, 0.05) is 32.8 Å². The molecule has 0 radical (unpaired) electrons. The molecule has 0 bridgehead atoms. The Morgan fingerprint density at radius 1 is 1.07 bits per heavy atom. The topological polar surface area (TPSA) is 96.4 Å². The van der Waals surface area contributed by atoms with Gasteiger partial charge in [0.15, 0.2) is 9.84 Å². The number of hydrogen-bond acceptors (Lipinski definition) is 5. The third kappa shape index (κ3) is 5.84. The van der Waals surface area contributed by atoms with Gasteiger partial charge in [0.05, 0.1) is 18.1 Å². The Bertz CT molecular complexity index is 1130. The lowest BCUT2D eigenvalue weighted by Crippen LogP contribution is -2.12. The summed E-state index contributed by atoms with van der Waals surface area (Å²) in [4.78, 5) is 16.9. The van der Waals surface area contributed by atoms with Crippen LogP contribution in [0.5, 0.6) is 0 Å². The van der Waals surface area contributed by atoms with Gasteiger partial charge in [-0.15, -0.1) is 0 Å². The van der Waals surface area contributed by atoms with Crippen molar-refractivity contribution in [2.45, 2.75) is 12.4 Å². The number of anilines is 1. The van der Waals surface area contributed by atoms with Crippen molar-refractivity contribution in [1.29, 1.82) is 0 Å². The van der Waals surface area contributed by atoms with E-state index in [-0.39, 0.29) is 18.3 Å². The summed E-state index contributed by atoms with van der Waals surface area (Å²) in [6.45, 7) is -0.0660. The summed E-state index contributed by atoms with van der Waals surface area (Å²) in [6, 6.07) is 15.7. The van der Waals surface area contributed by atoms with Crippen LogP contribution in [-0.2, 0) is 22.2 Å². The molecule has 0 saturated carbocycles. The lowest BCUT2D eigenvalue weighted by Gasteiger charge is -2.10. The molecule has 8 heteroatoms. The van der Waals surface area contributed by atoms with Crippen molar-refractivity contribution in [2.24, 2.45) is 0 Å². The predicted molar refractivity (Wildman–Crippen MR) is 121 cm³/mol. The van der Waals surface area contributed by atoms with E-state index in [4.69, 9.17) is 5.11 Å². The Kier molecular flexibility index (Phi) is 6.66. The summed E-state index contributed by atoms with van der Waals surface area (Å²) in [5, 5.41) is 12.0. The lowest BCUT2D eigenvalue weighted by atomic mass is 10.1. The number of aromatic nitrogens is 1. The molecule has 0 aliphatic heterocycles. The smallest absolute Gasteiger partial charge is 0.255 e. The van der Waals surface area contributed by atoms with E-state index in [9.17, 15) is 13.2 Å². The number of halogens is 1. The highest BCUT2D eigenvalue weighted by Crippen LogP contribution is 2.27. The molecular formula is C21H19IN2O4S. The van der Waals surface area contributed by atoms with E-state index >= 15 is 0 Å². The summed E-state index contributed by atoms with van der Waals surface area (Å²) >= 11 is 2.21. The number of amides is 1. The van der Waals surface area contributed by atoms with Crippen LogP contribution in [-0.4, -0.2) is 30.7 Å². The Balaban J connectivity index is 1.78. The monoisotopic (exact) mass is 522 g/mol. The average molecular weight is 522 g/mol. The lowest BCUT2D eigenvalue weighted by molar-refractivity contribution is 0.102. The number of benzene rings is 2. The second-order valence-corrected chi connectivity index (χ2v) is 9.93. The maximum Gasteiger partial charge on any atom is 0.255 e. The largest absolute Gasteiger partial charge is 0.392 e. The number of aliphatic hydroxyl groups excluding tert-OH is 1. The molecule has 0 fully saturated rings. The van der Waals surface area contributed by atoms with Crippen molar-refractivity contribution in [3.05, 3.63) is 81.1 Å². The Morgan fingerprint density at radius 3 is 2.34 bits per heavy atom. The second kappa shape index (κ2) is 9.02. The molecule has 0 unspecified atom stereocenters. The van der Waals surface area contributed by atoms with Crippen LogP contribution in [0, 0.1) is 3.57 Å². The van der Waals surface area contributed by atoms with Crippen molar-refractivity contribution in [2.75, 3.05) is 11.6 Å². The van der Waals surface area contributed by atoms with E-state index in [0.717, 1.165) is 20.4 Å². The van der Waals surface area contributed by atoms with Crippen LogP contribution in [0.25, 0.3) is 11.3 Å². The molecule has 0 saturated heterocycles. The van der Waals surface area contributed by atoms with E-state index in [1.165, 1.54) is 6.26 Å². The zero-order chi connectivity index (χ0) is 21.0. The molecule has 150 valence electrons. The summed E-state index contributed by atoms with van der Waals surface area (Å²) in [5.41, 5.74) is 4.04. The molecule has 2 N–H and O–H groups in total. The molecule has 1 heterocycles. The first kappa shape index (κ1) is 21.4. The minimum Gasteiger partial charge on any atom is -0.392 e. The minimum atomic E-state index is -3.12. The molecule has 1 amide bonds. The summed E-state index contributed by atoms with van der Waals surface area (Å²) < 4.78 is 23.7. The van der Waals surface area contributed by atoms with Gasteiger partial charge >= 0.3 is 0 Å². The molecule has 3 rings (SSSR count). The number of aliphatic hydroxyl groups is 1. The zero-order valence-corrected chi connectivity index (χ0v) is 18.6. The van der Waals surface area contributed by atoms with Crippen molar-refractivity contribution < 1.29 is 18.3 Å². The number of nitrogens with zero attached hydrogens (tertiary/aromatic N) is 1. The number of carbonyl (C=O) groups excluding carboxylic acids is 1. The molecular weight excluding hydrogens is 503 g/mol. The predicted octanol–water partition coefficient (Wildman–Crippen LogP) is 3.64. The van der Waals surface area contributed by atoms with Crippen LogP contribution in [0.2, 0.25) is 0 Å². The third-order valence-electron chi connectivity index (χ3n) is 4.15. The van der Waals surface area contributed by atoms with E-state index in [2.05, 4.69) is 32.9 Å². The molecule has 2 aromatic carbocycles. The first-order valence-electron chi connectivity index (χ1n) is 8.69. The van der Waals surface area contributed by atoms with E-state index in [1.54, 1.807) is 30.5 Å². The Hall–Kier alpha value is -2.30. The van der Waals surface area contributed by atoms with Gasteiger partial charge in [-0.3, -0.25) is 9.78 Å². The van der Waals surface area contributed by atoms with Crippen molar-refractivity contribution in [1.82, 2.24) is 4.98 Å². The molecule has 0 aliphatic rings. The fourth-order valence-electron chi connectivity index (χ4n) is 2.74. The standard InChI is InChI=1S/C21H19IN2O4S/c1-29(27,28)13-14-2-5-16(6-3-14)21(26)24-17-7-8-19(22)18(10-17)20-9-4-15(12-25)11-23-20/h2-11,25H,12-13H2,1H3,(H,24,26). The van der Waals surface area contributed by atoms with Crippen LogP contribution < -0.4 is 5.32 Å². The van der Waals surface area contributed by atoms with E-state index in [0.29, 0.717) is 16.8 Å². The zero-order valence-electron chi connectivity index (χ0n) is 15.6. The summed E-state index contributed by atoms with van der Waals surface area (Å²) in [7, 11) is -3.12. The van der Waals surface area contributed by atoms with E-state index < -0.39 is 9.84 Å². The van der Waals surface area contributed by atoms with Crippen LogP contribution in [0.3, 0.4) is 0 Å². The number of pyridine rings is 1. The van der Waals surface area contributed by atoms with Crippen LogP contribution in [0.1, 0.15) is 21.5 Å². The van der Waals surface area contributed by atoms with Gasteiger partial charge in [-0.05, 0) is 70.1 Å². The highest BCUT2D eigenvalue weighted by molar-refractivity contribution is 14.1. The molecule has 0 aliphatic carbocycles. The first-order valence-corrected chi connectivity index (χ1v) is 11.8. The normalized spacial score (nSPS) is 11.3. The van der Waals surface area contributed by atoms with Crippen molar-refractivity contribution >= 4 is 44.0 Å². The number of rotatable bonds is 6. The number of carbonyl (C=O) groups is 1. The Morgan fingerprint density at radius 2 is 1.76 bits per heavy atom. The molecule has 0 atom stereocenters. The van der Waals surface area contributed by atoms with Crippen LogP contribution in [0.15, 0.2) is 60.8 Å². The first-order chi connectivity index (χ1) is 13.7. The second-order valence-electron chi connectivity index (χ2n) is 6.63. The Labute approximate surface area is 183 Å². The SMILES string of the molecule is CS(=O)(=O)Cc1ccc(C(=O)Nc2ccc(I)c(-c3ccc(CO)cn3)c2)cc1. The van der Waals surface area contributed by atoms with Crippen LogP contribution >= 0.6 is 22.6 Å². The van der Waals surface area contributed by atoms with Gasteiger partial charge in [-0.25, -0.2) is 8.42 Å². The minimum absolute atomic E-state index is 0.0581. The fourth-order valence-corrected chi connectivity index (χ4v) is 4.14. The molecule has 0 spiro atoms. The highest BCUT2D eigenvalue weighted by Gasteiger charge is 2.11. The maximum absolute atomic E-state index is 12.6. The number of sulfone groups is 1. The van der Waals surface area contributed by atoms with Crippen molar-refractivity contribution in [3.63, 3.8) is 0 Å². The number of nitrogens with one attached hydrogen (secondary N) is 1.